The van der Waals surface area contributed by atoms with Gasteiger partial charge in [-0.3, -0.25) is 19.3 Å². The number of rotatable bonds is 4. The zero-order valence-corrected chi connectivity index (χ0v) is 12.4. The topological polar surface area (TPSA) is 98.8 Å². The van der Waals surface area contributed by atoms with Crippen LogP contribution in [-0.2, 0) is 0 Å². The van der Waals surface area contributed by atoms with Gasteiger partial charge in [0.15, 0.2) is 0 Å². The largest absolute Gasteiger partial charge is 0.497 e. The van der Waals surface area contributed by atoms with Gasteiger partial charge in [0.25, 0.3) is 0 Å². The molecule has 0 fully saturated rings. The van der Waals surface area contributed by atoms with Gasteiger partial charge in [-0.25, -0.2) is 9.37 Å². The van der Waals surface area contributed by atoms with E-state index in [2.05, 4.69) is 10.3 Å². The van der Waals surface area contributed by atoms with Gasteiger partial charge in [0.05, 0.1) is 12.0 Å². The number of aromatic nitrogens is 2. The van der Waals surface area contributed by atoms with Crippen LogP contribution in [0.2, 0.25) is 0 Å². The van der Waals surface area contributed by atoms with E-state index < -0.39 is 22.0 Å². The molecule has 24 heavy (non-hydrogen) atoms. The lowest BCUT2D eigenvalue weighted by molar-refractivity contribution is -0.385. The Bertz CT molecular complexity index is 1000. The van der Waals surface area contributed by atoms with Crippen molar-refractivity contribution in [1.82, 2.24) is 9.38 Å². The minimum Gasteiger partial charge on any atom is -0.497 e. The number of nitro groups is 1. The summed E-state index contributed by atoms with van der Waals surface area (Å²) in [6.45, 7) is 0. The quantitative estimate of drug-likeness (QED) is 0.583. The molecule has 2 aromatic heterocycles. The summed E-state index contributed by atoms with van der Waals surface area (Å²) in [6, 6.07) is 8.43. The van der Waals surface area contributed by atoms with Gasteiger partial charge in [-0.05, 0) is 18.2 Å². The van der Waals surface area contributed by atoms with Crippen LogP contribution in [0.1, 0.15) is 0 Å². The summed E-state index contributed by atoms with van der Waals surface area (Å²) in [5.74, 6) is -0.654. The number of nitrogens with one attached hydrogen (secondary N) is 1. The second-order valence-electron chi connectivity index (χ2n) is 4.80. The van der Waals surface area contributed by atoms with E-state index in [1.165, 1.54) is 25.4 Å². The smallest absolute Gasteiger partial charge is 0.376 e. The van der Waals surface area contributed by atoms with E-state index in [1.54, 1.807) is 12.1 Å². The number of fused-ring (bicyclic) bond motifs is 1. The maximum absolute atomic E-state index is 13.6. The number of halogens is 1. The molecule has 3 aromatic rings. The normalized spacial score (nSPS) is 10.6. The number of hydrogen-bond donors (Lipinski definition) is 1. The van der Waals surface area contributed by atoms with E-state index in [1.807, 2.05) is 0 Å². The van der Waals surface area contributed by atoms with Crippen molar-refractivity contribution in [2.45, 2.75) is 0 Å². The van der Waals surface area contributed by atoms with Crippen LogP contribution in [0.4, 0.5) is 21.6 Å². The fourth-order valence-corrected chi connectivity index (χ4v) is 2.22. The van der Waals surface area contributed by atoms with Crippen molar-refractivity contribution in [3.8, 4) is 5.75 Å². The molecule has 0 unspecified atom stereocenters. The molecule has 0 radical (unpaired) electrons. The molecule has 0 saturated heterocycles. The van der Waals surface area contributed by atoms with Crippen molar-refractivity contribution in [3.05, 3.63) is 68.9 Å². The highest BCUT2D eigenvalue weighted by Crippen LogP contribution is 2.26. The van der Waals surface area contributed by atoms with E-state index in [9.17, 15) is 19.3 Å². The first-order valence-electron chi connectivity index (χ1n) is 6.77. The molecule has 8 nitrogen and oxygen atoms in total. The van der Waals surface area contributed by atoms with Crippen LogP contribution in [0.15, 0.2) is 47.4 Å². The average molecular weight is 330 g/mol. The molecule has 2 heterocycles. The Kier molecular flexibility index (Phi) is 3.82. The Morgan fingerprint density at radius 2 is 2.12 bits per heavy atom. The number of ether oxygens (including phenoxy) is 1. The van der Waals surface area contributed by atoms with Crippen molar-refractivity contribution in [2.75, 3.05) is 12.4 Å². The van der Waals surface area contributed by atoms with E-state index in [0.29, 0.717) is 0 Å². The third-order valence-corrected chi connectivity index (χ3v) is 3.26. The molecule has 1 aromatic carbocycles. The maximum atomic E-state index is 13.6. The minimum absolute atomic E-state index is 0.169. The molecule has 0 spiro atoms. The monoisotopic (exact) mass is 330 g/mol. The summed E-state index contributed by atoms with van der Waals surface area (Å²) < 4.78 is 19.6. The number of anilines is 2. The minimum atomic E-state index is -0.837. The summed E-state index contributed by atoms with van der Waals surface area (Å²) in [6.07, 6.45) is 1.38. The molecule has 0 saturated carbocycles. The molecule has 0 aliphatic carbocycles. The van der Waals surface area contributed by atoms with Crippen LogP contribution in [-0.4, -0.2) is 21.4 Å². The van der Waals surface area contributed by atoms with E-state index in [4.69, 9.17) is 4.74 Å². The molecule has 0 bridgehead atoms. The maximum Gasteiger partial charge on any atom is 0.376 e. The summed E-state index contributed by atoms with van der Waals surface area (Å²) in [5, 5.41) is 13.9. The number of hydrogen-bond acceptors (Lipinski definition) is 6. The second-order valence-corrected chi connectivity index (χ2v) is 4.80. The Morgan fingerprint density at radius 1 is 1.33 bits per heavy atom. The molecular formula is C15H11FN4O4. The van der Waals surface area contributed by atoms with Crippen LogP contribution in [0.25, 0.3) is 5.65 Å². The zero-order chi connectivity index (χ0) is 17.3. The molecule has 0 aliphatic heterocycles. The van der Waals surface area contributed by atoms with E-state index in [0.717, 1.165) is 16.5 Å². The third-order valence-electron chi connectivity index (χ3n) is 3.26. The summed E-state index contributed by atoms with van der Waals surface area (Å²) in [7, 11) is 1.36. The van der Waals surface area contributed by atoms with Gasteiger partial charge in [-0.15, -0.1) is 0 Å². The van der Waals surface area contributed by atoms with Crippen LogP contribution < -0.4 is 15.6 Å². The highest BCUT2D eigenvalue weighted by molar-refractivity contribution is 5.68. The summed E-state index contributed by atoms with van der Waals surface area (Å²) in [4.78, 5) is 26.9. The fraction of sp³-hybridized carbons (Fsp3) is 0.0667. The molecule has 0 aliphatic rings. The van der Waals surface area contributed by atoms with E-state index >= 15 is 0 Å². The van der Waals surface area contributed by atoms with Crippen molar-refractivity contribution in [1.29, 1.82) is 0 Å². The van der Waals surface area contributed by atoms with Crippen LogP contribution in [0.3, 0.4) is 0 Å². The Morgan fingerprint density at radius 3 is 2.83 bits per heavy atom. The predicted octanol–water partition coefficient (Wildman–Crippen LogP) is 2.49. The standard InChI is InChI=1S/C15H11FN4O4/c1-24-11-7-9(16)6-10(8-11)17-14-13(20(22)23)15(21)19-5-3-2-4-12(19)18-14/h2-8,17H,1H3. The van der Waals surface area contributed by atoms with Gasteiger partial charge in [0.1, 0.15) is 17.2 Å². The molecule has 3 rings (SSSR count). The van der Waals surface area contributed by atoms with Crippen molar-refractivity contribution >= 4 is 22.8 Å². The van der Waals surface area contributed by atoms with Gasteiger partial charge < -0.3 is 10.1 Å². The fourth-order valence-electron chi connectivity index (χ4n) is 2.22. The van der Waals surface area contributed by atoms with Gasteiger partial charge in [0, 0.05) is 24.0 Å². The predicted molar refractivity (Wildman–Crippen MR) is 84.4 cm³/mol. The van der Waals surface area contributed by atoms with Gasteiger partial charge in [0.2, 0.25) is 5.82 Å². The van der Waals surface area contributed by atoms with Crippen LogP contribution in [0, 0.1) is 15.9 Å². The van der Waals surface area contributed by atoms with Crippen LogP contribution in [0.5, 0.6) is 5.75 Å². The lowest BCUT2D eigenvalue weighted by Gasteiger charge is -2.09. The zero-order valence-electron chi connectivity index (χ0n) is 12.4. The third kappa shape index (κ3) is 2.74. The van der Waals surface area contributed by atoms with Gasteiger partial charge in [-0.2, -0.15) is 0 Å². The second kappa shape index (κ2) is 5.95. The molecule has 1 N–H and O–H groups in total. The highest BCUT2D eigenvalue weighted by Gasteiger charge is 2.23. The summed E-state index contributed by atoms with van der Waals surface area (Å²) in [5.41, 5.74) is -1.18. The Hall–Kier alpha value is -3.49. The first kappa shape index (κ1) is 15.4. The van der Waals surface area contributed by atoms with E-state index in [-0.39, 0.29) is 22.9 Å². The first-order valence-corrected chi connectivity index (χ1v) is 6.77. The number of nitrogens with zero attached hydrogens (tertiary/aromatic N) is 3. The van der Waals surface area contributed by atoms with Gasteiger partial charge >= 0.3 is 11.2 Å². The first-order chi connectivity index (χ1) is 11.5. The number of pyridine rings is 1. The lowest BCUT2D eigenvalue weighted by atomic mass is 10.3. The van der Waals surface area contributed by atoms with Crippen molar-refractivity contribution in [3.63, 3.8) is 0 Å². The number of benzene rings is 1. The Labute approximate surface area is 134 Å². The van der Waals surface area contributed by atoms with Gasteiger partial charge in [-0.1, -0.05) is 6.07 Å². The highest BCUT2D eigenvalue weighted by atomic mass is 19.1. The summed E-state index contributed by atoms with van der Waals surface area (Å²) >= 11 is 0. The van der Waals surface area contributed by atoms with Crippen LogP contribution >= 0.6 is 0 Å². The molecular weight excluding hydrogens is 319 g/mol. The number of methoxy groups -OCH3 is 1. The molecule has 0 amide bonds. The Balaban J connectivity index is 2.18. The lowest BCUT2D eigenvalue weighted by Crippen LogP contribution is -2.20. The molecule has 9 heteroatoms. The SMILES string of the molecule is COc1cc(F)cc(Nc2nc3ccccn3c(=O)c2[N+](=O)[O-])c1. The molecule has 122 valence electrons. The average Bonchev–Trinajstić information content (AvgIpc) is 2.54. The molecule has 0 atom stereocenters. The van der Waals surface area contributed by atoms with Crippen molar-refractivity contribution in [2.24, 2.45) is 0 Å². The van der Waals surface area contributed by atoms with Crippen molar-refractivity contribution < 1.29 is 14.1 Å².